The molecule has 10 heteroatoms. The lowest BCUT2D eigenvalue weighted by molar-refractivity contribution is -0.139. The number of piperidine rings is 1. The molecule has 42 heavy (non-hydrogen) atoms. The molecule has 1 N–H and O–H groups in total. The smallest absolute Gasteiger partial charge is 0.453 e. The summed E-state index contributed by atoms with van der Waals surface area (Å²) in [6.45, 7) is 12.1. The highest BCUT2D eigenvalue weighted by atomic mass is 16.7. The molecule has 2 bridgehead atoms. The first-order valence-electron chi connectivity index (χ1n) is 15.0. The Morgan fingerprint density at radius 2 is 1.74 bits per heavy atom. The minimum atomic E-state index is -0.665. The Balaban J connectivity index is 1.30. The van der Waals surface area contributed by atoms with Gasteiger partial charge in [-0.25, -0.2) is 9.78 Å². The summed E-state index contributed by atoms with van der Waals surface area (Å²) in [7, 11) is 0.903. The molecular formula is C32H41BN4O5. The Hall–Kier alpha value is -3.37. The van der Waals surface area contributed by atoms with Crippen molar-refractivity contribution in [1.29, 1.82) is 0 Å². The maximum absolute atomic E-state index is 14.0. The molecule has 4 unspecified atom stereocenters. The summed E-state index contributed by atoms with van der Waals surface area (Å²) in [6, 6.07) is 12.0. The van der Waals surface area contributed by atoms with E-state index >= 15 is 0 Å². The highest BCUT2D eigenvalue weighted by Crippen LogP contribution is 2.50. The summed E-state index contributed by atoms with van der Waals surface area (Å²) < 4.78 is 19.5. The first-order chi connectivity index (χ1) is 19.9. The van der Waals surface area contributed by atoms with E-state index in [-0.39, 0.29) is 23.9 Å². The van der Waals surface area contributed by atoms with Crippen LogP contribution in [0.5, 0.6) is 0 Å². The molecule has 222 valence electrons. The number of aromatic nitrogens is 2. The van der Waals surface area contributed by atoms with Gasteiger partial charge < -0.3 is 28.8 Å². The minimum absolute atomic E-state index is 0.0732. The van der Waals surface area contributed by atoms with Crippen molar-refractivity contribution >= 4 is 35.4 Å². The Morgan fingerprint density at radius 3 is 2.43 bits per heavy atom. The summed E-state index contributed by atoms with van der Waals surface area (Å²) in [6.07, 6.45) is 6.16. The van der Waals surface area contributed by atoms with Crippen molar-refractivity contribution in [2.45, 2.75) is 90.1 Å². The lowest BCUT2D eigenvalue weighted by Crippen LogP contribution is -2.54. The first kappa shape index (κ1) is 28.7. The Morgan fingerprint density at radius 1 is 1.05 bits per heavy atom. The Bertz CT molecular complexity index is 1500. The van der Waals surface area contributed by atoms with Gasteiger partial charge in [-0.15, -0.1) is 0 Å². The number of ether oxygens (including phenoxy) is 1. The first-order valence-corrected chi connectivity index (χ1v) is 15.0. The average Bonchev–Trinajstić information content (AvgIpc) is 3.73. The molecule has 0 radical (unpaired) electrons. The zero-order chi connectivity index (χ0) is 30.0. The van der Waals surface area contributed by atoms with E-state index < -0.39 is 30.5 Å². The highest BCUT2D eigenvalue weighted by Gasteiger charge is 2.53. The molecule has 4 atom stereocenters. The van der Waals surface area contributed by atoms with Crippen LogP contribution in [0.25, 0.3) is 16.5 Å². The van der Waals surface area contributed by atoms with Crippen molar-refractivity contribution in [2.24, 2.45) is 11.8 Å². The van der Waals surface area contributed by atoms with Crippen LogP contribution in [0.1, 0.15) is 72.7 Å². The number of carbonyl (C=O) groups excluding carboxylic acids is 2. The maximum Gasteiger partial charge on any atom is 0.494 e. The maximum atomic E-state index is 14.0. The fraction of sp³-hybridized carbons (Fsp3) is 0.531. The molecular weight excluding hydrogens is 531 g/mol. The molecule has 2 saturated heterocycles. The number of methoxy groups -OCH3 is 1. The van der Waals surface area contributed by atoms with Crippen molar-refractivity contribution in [3.8, 4) is 5.69 Å². The quantitative estimate of drug-likeness (QED) is 0.429. The zero-order valence-electron chi connectivity index (χ0n) is 25.6. The summed E-state index contributed by atoms with van der Waals surface area (Å²) in [5.41, 5.74) is 1.19. The average molecular weight is 573 g/mol. The molecule has 1 aliphatic carbocycles. The van der Waals surface area contributed by atoms with E-state index in [2.05, 4.69) is 74.0 Å². The second-order valence-corrected chi connectivity index (χ2v) is 13.3. The number of fused-ring (bicyclic) bond motifs is 3. The van der Waals surface area contributed by atoms with E-state index in [4.69, 9.17) is 19.0 Å². The van der Waals surface area contributed by atoms with Gasteiger partial charge in [0.1, 0.15) is 11.9 Å². The monoisotopic (exact) mass is 572 g/mol. The molecule has 9 nitrogen and oxygen atoms in total. The lowest BCUT2D eigenvalue weighted by Gasteiger charge is -2.38. The predicted molar refractivity (Wildman–Crippen MR) is 162 cm³/mol. The Kier molecular flexibility index (Phi) is 7.13. The lowest BCUT2D eigenvalue weighted by atomic mass is 9.78. The number of likely N-dealkylation sites (tertiary alicyclic amines) is 1. The van der Waals surface area contributed by atoms with Crippen LogP contribution in [0.15, 0.2) is 48.8 Å². The van der Waals surface area contributed by atoms with Gasteiger partial charge in [0.15, 0.2) is 0 Å². The summed E-state index contributed by atoms with van der Waals surface area (Å²) in [5, 5.41) is 4.96. The normalized spacial score (nSPS) is 24.9. The zero-order valence-corrected chi connectivity index (χ0v) is 25.6. The summed E-state index contributed by atoms with van der Waals surface area (Å²) in [5.74, 6) is 1.02. The Labute approximate surface area is 248 Å². The number of rotatable bonds is 6. The van der Waals surface area contributed by atoms with Crippen molar-refractivity contribution in [1.82, 2.24) is 19.8 Å². The topological polar surface area (TPSA) is 94.9 Å². The third-order valence-electron chi connectivity index (χ3n) is 9.82. The van der Waals surface area contributed by atoms with E-state index in [1.807, 2.05) is 31.1 Å². The molecule has 0 spiro atoms. The molecule has 1 saturated carbocycles. The molecule has 3 heterocycles. The fourth-order valence-electron chi connectivity index (χ4n) is 6.78. The molecule has 3 fully saturated rings. The second-order valence-electron chi connectivity index (χ2n) is 13.3. The third-order valence-corrected chi connectivity index (χ3v) is 9.82. The molecule has 3 aromatic rings. The highest BCUT2D eigenvalue weighted by molar-refractivity contribution is 6.62. The van der Waals surface area contributed by atoms with Gasteiger partial charge in [-0.1, -0.05) is 38.1 Å². The van der Waals surface area contributed by atoms with E-state index in [1.165, 1.54) is 7.11 Å². The van der Waals surface area contributed by atoms with Gasteiger partial charge in [-0.2, -0.15) is 0 Å². The van der Waals surface area contributed by atoms with Crippen molar-refractivity contribution in [2.75, 3.05) is 7.11 Å². The number of imidazole rings is 1. The fourth-order valence-corrected chi connectivity index (χ4v) is 6.78. The van der Waals surface area contributed by atoms with Gasteiger partial charge in [0.25, 0.3) is 0 Å². The number of hydrogen-bond acceptors (Lipinski definition) is 6. The van der Waals surface area contributed by atoms with Crippen molar-refractivity contribution in [3.05, 3.63) is 54.6 Å². The molecule has 3 aliphatic rings. The molecule has 6 rings (SSSR count). The molecule has 2 aromatic carbocycles. The number of benzene rings is 2. The standard InChI is InChI=1S/C32H41BN4O5/c1-19(2)26(35-30(39)40-7)29(38)37-25-13-10-22(18-25)27(37)28-34-14-15-36(28)24-12-9-20-16-23(11-8-21(20)17-24)33-41-31(3,4)32(5,6)42-33/h8-9,11-12,14-17,19,22,25-27H,10,13,18H2,1-7H3,(H,35,39). The van der Waals surface area contributed by atoms with Crippen LogP contribution < -0.4 is 10.8 Å². The molecule has 1 aromatic heterocycles. The van der Waals surface area contributed by atoms with E-state index in [0.29, 0.717) is 5.92 Å². The summed E-state index contributed by atoms with van der Waals surface area (Å²) in [4.78, 5) is 32.9. The van der Waals surface area contributed by atoms with E-state index in [1.54, 1.807) is 0 Å². The van der Waals surface area contributed by atoms with E-state index in [9.17, 15) is 9.59 Å². The summed E-state index contributed by atoms with van der Waals surface area (Å²) >= 11 is 0. The number of alkyl carbamates (subject to hydrolysis) is 1. The van der Waals surface area contributed by atoms with Crippen LogP contribution in [0, 0.1) is 11.8 Å². The van der Waals surface area contributed by atoms with Crippen molar-refractivity contribution in [3.63, 3.8) is 0 Å². The second kappa shape index (κ2) is 10.4. The number of hydrogen-bond donors (Lipinski definition) is 1. The SMILES string of the molecule is COC(=O)NC(C(=O)N1C2CCC(C2)C1c1nccn1-c1ccc2cc(B3OC(C)(C)C(C)(C)O3)ccc2c1)C(C)C. The van der Waals surface area contributed by atoms with Gasteiger partial charge in [-0.05, 0) is 87.2 Å². The van der Waals surface area contributed by atoms with Crippen LogP contribution in [0.2, 0.25) is 0 Å². The number of amides is 2. The van der Waals surface area contributed by atoms with Crippen LogP contribution in [0.3, 0.4) is 0 Å². The van der Waals surface area contributed by atoms with Gasteiger partial charge >= 0.3 is 13.2 Å². The van der Waals surface area contributed by atoms with Crippen molar-refractivity contribution < 1.29 is 23.6 Å². The minimum Gasteiger partial charge on any atom is -0.453 e. The third kappa shape index (κ3) is 4.78. The number of nitrogens with one attached hydrogen (secondary N) is 1. The van der Waals surface area contributed by atoms with Gasteiger partial charge in [0, 0.05) is 24.1 Å². The number of nitrogens with zero attached hydrogens (tertiary/aromatic N) is 3. The molecule has 2 amide bonds. The van der Waals surface area contributed by atoms with Gasteiger partial charge in [0.2, 0.25) is 5.91 Å². The largest absolute Gasteiger partial charge is 0.494 e. The van der Waals surface area contributed by atoms with Crippen LogP contribution in [-0.2, 0) is 18.8 Å². The van der Waals surface area contributed by atoms with Crippen LogP contribution >= 0.6 is 0 Å². The number of carbonyl (C=O) groups is 2. The van der Waals surface area contributed by atoms with E-state index in [0.717, 1.165) is 47.0 Å². The van der Waals surface area contributed by atoms with Crippen LogP contribution in [-0.4, -0.2) is 64.0 Å². The molecule has 2 aliphatic heterocycles. The predicted octanol–water partition coefficient (Wildman–Crippen LogP) is 4.76. The van der Waals surface area contributed by atoms with Gasteiger partial charge in [0.05, 0.1) is 24.4 Å². The van der Waals surface area contributed by atoms with Crippen LogP contribution in [0.4, 0.5) is 4.79 Å². The van der Waals surface area contributed by atoms with Gasteiger partial charge in [-0.3, -0.25) is 4.79 Å².